The molecular weight excluding hydrogens is 540 g/mol. The molecule has 9 nitrogen and oxygen atoms in total. The van der Waals surface area contributed by atoms with Gasteiger partial charge in [0.25, 0.3) is 6.48 Å². The minimum absolute atomic E-state index is 0.0178. The van der Waals surface area contributed by atoms with Gasteiger partial charge in [0.15, 0.2) is 6.29 Å². The average molecular weight is 587 g/mol. The van der Waals surface area contributed by atoms with Crippen molar-refractivity contribution in [2.24, 2.45) is 22.7 Å². The Morgan fingerprint density at radius 1 is 1.00 bits per heavy atom. The SMILES string of the molecule is CCOC1O[C@@H]2[C@H](O)[C@H](C)O[C@@H](O[C@@H]3C=C4CCC5C(CC[C@]6(C)[C@@H](c7ccc(=O)oc7)CC[C@]56O)[C@@]4(C)CC3)[C@@H]2O1. The predicted molar refractivity (Wildman–Crippen MR) is 151 cm³/mol. The van der Waals surface area contributed by atoms with Gasteiger partial charge in [-0.25, -0.2) is 4.79 Å². The maximum Gasteiger partial charge on any atom is 0.335 e. The largest absolute Gasteiger partial charge is 0.431 e. The summed E-state index contributed by atoms with van der Waals surface area (Å²) in [5.41, 5.74) is 1.17. The van der Waals surface area contributed by atoms with Gasteiger partial charge in [-0.05, 0) is 100 Å². The molecule has 0 aromatic carbocycles. The molecule has 3 unspecified atom stereocenters. The van der Waals surface area contributed by atoms with Gasteiger partial charge < -0.3 is 38.3 Å². The van der Waals surface area contributed by atoms with Crippen LogP contribution in [0.3, 0.4) is 0 Å². The molecule has 4 aliphatic carbocycles. The summed E-state index contributed by atoms with van der Waals surface area (Å²) >= 11 is 0. The monoisotopic (exact) mass is 586 g/mol. The van der Waals surface area contributed by atoms with Crippen molar-refractivity contribution >= 4 is 0 Å². The van der Waals surface area contributed by atoms with Crippen LogP contribution >= 0.6 is 0 Å². The molecule has 3 saturated carbocycles. The summed E-state index contributed by atoms with van der Waals surface area (Å²) in [5, 5.41) is 23.2. The van der Waals surface area contributed by atoms with Crippen molar-refractivity contribution in [3.8, 4) is 0 Å². The topological polar surface area (TPSA) is 117 Å². The average Bonchev–Trinajstić information content (AvgIpc) is 3.51. The molecule has 42 heavy (non-hydrogen) atoms. The minimum atomic E-state index is -0.832. The third-order valence-electron chi connectivity index (χ3n) is 12.3. The molecule has 2 N–H and O–H groups in total. The van der Waals surface area contributed by atoms with Crippen LogP contribution < -0.4 is 5.63 Å². The lowest BCUT2D eigenvalue weighted by Crippen LogP contribution is -2.60. The Bertz CT molecular complexity index is 1240. The van der Waals surface area contributed by atoms with E-state index in [1.165, 1.54) is 11.6 Å². The number of fused-ring (bicyclic) bond motifs is 6. The van der Waals surface area contributed by atoms with Crippen LogP contribution in [-0.2, 0) is 23.7 Å². The molecule has 0 spiro atoms. The van der Waals surface area contributed by atoms with E-state index in [1.54, 1.807) is 6.26 Å². The molecule has 6 aliphatic rings. The van der Waals surface area contributed by atoms with Gasteiger partial charge in [-0.3, -0.25) is 0 Å². The van der Waals surface area contributed by atoms with Crippen molar-refractivity contribution in [3.63, 3.8) is 0 Å². The molecule has 2 aliphatic heterocycles. The molecule has 5 fully saturated rings. The fourth-order valence-corrected chi connectivity index (χ4v) is 9.95. The molecule has 1 aromatic heterocycles. The molecule has 3 heterocycles. The summed E-state index contributed by atoms with van der Waals surface area (Å²) in [6.45, 7) is 7.98. The zero-order chi connectivity index (χ0) is 29.4. The Labute approximate surface area is 247 Å². The lowest BCUT2D eigenvalue weighted by atomic mass is 9.45. The van der Waals surface area contributed by atoms with Crippen molar-refractivity contribution in [1.82, 2.24) is 0 Å². The van der Waals surface area contributed by atoms with Crippen LogP contribution in [0.4, 0.5) is 0 Å². The van der Waals surface area contributed by atoms with E-state index in [0.29, 0.717) is 12.5 Å². The van der Waals surface area contributed by atoms with E-state index in [0.717, 1.165) is 56.9 Å². The summed E-state index contributed by atoms with van der Waals surface area (Å²) in [6.07, 6.45) is 8.23. The van der Waals surface area contributed by atoms with Crippen LogP contribution in [0.1, 0.15) is 90.5 Å². The predicted octanol–water partition coefficient (Wildman–Crippen LogP) is 4.40. The van der Waals surface area contributed by atoms with Gasteiger partial charge in [-0.2, -0.15) is 0 Å². The van der Waals surface area contributed by atoms with Crippen LogP contribution in [0.15, 0.2) is 39.3 Å². The van der Waals surface area contributed by atoms with Crippen molar-refractivity contribution in [2.75, 3.05) is 6.61 Å². The normalized spacial score (nSPS) is 49.9. The molecule has 232 valence electrons. The number of hydrogen-bond acceptors (Lipinski definition) is 9. The van der Waals surface area contributed by atoms with Crippen molar-refractivity contribution in [2.45, 2.75) is 134 Å². The zero-order valence-electron chi connectivity index (χ0n) is 25.2. The quantitative estimate of drug-likeness (QED) is 0.485. The first-order valence-electron chi connectivity index (χ1n) is 16.0. The van der Waals surface area contributed by atoms with E-state index in [9.17, 15) is 15.0 Å². The van der Waals surface area contributed by atoms with E-state index in [-0.39, 0.29) is 34.4 Å². The number of ether oxygens (including phenoxy) is 5. The number of aliphatic hydroxyl groups is 2. The highest BCUT2D eigenvalue weighted by molar-refractivity contribution is 5.31. The van der Waals surface area contributed by atoms with Crippen LogP contribution in [0.2, 0.25) is 0 Å². The molecular formula is C33H46O9. The summed E-state index contributed by atoms with van der Waals surface area (Å²) in [5.74, 6) is 0.833. The lowest BCUT2D eigenvalue weighted by molar-refractivity contribution is -0.285. The number of aliphatic hydroxyl groups excluding tert-OH is 1. The van der Waals surface area contributed by atoms with Crippen molar-refractivity contribution in [1.29, 1.82) is 0 Å². The second-order valence-corrected chi connectivity index (χ2v) is 14.1. The third-order valence-corrected chi connectivity index (χ3v) is 12.3. The van der Waals surface area contributed by atoms with Gasteiger partial charge in [0.1, 0.15) is 18.3 Å². The number of allylic oxidation sites excluding steroid dienone is 1. The summed E-state index contributed by atoms with van der Waals surface area (Å²) in [7, 11) is 0. The van der Waals surface area contributed by atoms with Gasteiger partial charge in [0.2, 0.25) is 0 Å². The Hall–Kier alpha value is -1.59. The number of rotatable bonds is 5. The van der Waals surface area contributed by atoms with Gasteiger partial charge >= 0.3 is 5.63 Å². The van der Waals surface area contributed by atoms with E-state index in [4.69, 9.17) is 28.1 Å². The Kier molecular flexibility index (Phi) is 7.29. The van der Waals surface area contributed by atoms with E-state index >= 15 is 0 Å². The molecule has 9 heteroatoms. The summed E-state index contributed by atoms with van der Waals surface area (Å²) in [4.78, 5) is 11.6. The van der Waals surface area contributed by atoms with Crippen molar-refractivity contribution in [3.05, 3.63) is 46.0 Å². The molecule has 7 rings (SSSR count). The fraction of sp³-hybridized carbons (Fsp3) is 0.788. The van der Waals surface area contributed by atoms with E-state index in [1.807, 2.05) is 19.9 Å². The van der Waals surface area contributed by atoms with E-state index < -0.39 is 42.8 Å². The van der Waals surface area contributed by atoms with Crippen LogP contribution in [0.25, 0.3) is 0 Å². The van der Waals surface area contributed by atoms with Crippen LogP contribution in [0, 0.1) is 22.7 Å². The minimum Gasteiger partial charge on any atom is -0.431 e. The maximum atomic E-state index is 12.5. The molecule has 0 bridgehead atoms. The first kappa shape index (κ1) is 29.1. The first-order valence-corrected chi connectivity index (χ1v) is 16.0. The number of hydrogen-bond donors (Lipinski definition) is 2. The second-order valence-electron chi connectivity index (χ2n) is 14.1. The first-order chi connectivity index (χ1) is 20.1. The van der Waals surface area contributed by atoms with Crippen LogP contribution in [0.5, 0.6) is 0 Å². The van der Waals surface area contributed by atoms with Gasteiger partial charge in [0.05, 0.1) is 24.1 Å². The standard InChI is InChI=1S/C33H46O9/c1-5-37-30-41-27-26(35)18(2)39-29(28(27)42-30)40-21-10-13-31(3)20(16-21)7-8-24-23(31)11-14-32(4)22(12-15-33(24,32)36)19-6-9-25(34)38-17-19/h6,9,16-18,21-24,26-30,35-36H,5,7-8,10-15H2,1-4H3/t18-,21-,22+,23?,24?,26+,27+,28+,29-,30?,31-,32+,33-/m0/s1. The highest BCUT2D eigenvalue weighted by Crippen LogP contribution is 2.70. The molecule has 2 saturated heterocycles. The molecule has 13 atom stereocenters. The lowest BCUT2D eigenvalue weighted by Gasteiger charge is -2.62. The molecule has 1 aromatic rings. The highest BCUT2D eigenvalue weighted by Gasteiger charge is 2.66. The van der Waals surface area contributed by atoms with Gasteiger partial charge in [0, 0.05) is 18.1 Å². The summed E-state index contributed by atoms with van der Waals surface area (Å²) in [6, 6.07) is 3.40. The maximum absolute atomic E-state index is 12.5. The van der Waals surface area contributed by atoms with Gasteiger partial charge in [-0.15, -0.1) is 0 Å². The van der Waals surface area contributed by atoms with Crippen molar-refractivity contribution < 1.29 is 38.3 Å². The van der Waals surface area contributed by atoms with E-state index in [2.05, 4.69) is 19.9 Å². The smallest absolute Gasteiger partial charge is 0.335 e. The Morgan fingerprint density at radius 3 is 2.57 bits per heavy atom. The van der Waals surface area contributed by atoms with Gasteiger partial charge in [-0.1, -0.05) is 25.5 Å². The Morgan fingerprint density at radius 2 is 1.81 bits per heavy atom. The van der Waals surface area contributed by atoms with Crippen LogP contribution in [-0.4, -0.2) is 65.7 Å². The third kappa shape index (κ3) is 4.33. The molecule has 0 amide bonds. The summed E-state index contributed by atoms with van der Waals surface area (Å²) < 4.78 is 35.2. The Balaban J connectivity index is 1.08. The highest BCUT2D eigenvalue weighted by atomic mass is 16.9. The second kappa shape index (κ2) is 10.5. The zero-order valence-corrected chi connectivity index (χ0v) is 25.2. The fourth-order valence-electron chi connectivity index (χ4n) is 9.95. The molecule has 0 radical (unpaired) electrons.